The fraction of sp³-hybridized carbons (Fsp3) is 0.179. The molecule has 1 fully saturated rings. The first-order valence-corrected chi connectivity index (χ1v) is 11.4. The van der Waals surface area contributed by atoms with Crippen molar-refractivity contribution in [2.75, 3.05) is 16.0 Å². The van der Waals surface area contributed by atoms with Crippen LogP contribution in [0.1, 0.15) is 28.2 Å². The molecule has 1 aliphatic rings. The van der Waals surface area contributed by atoms with Gasteiger partial charge in [-0.05, 0) is 61.9 Å². The minimum absolute atomic E-state index is 0.00656. The number of aromatic hydroxyl groups is 1. The van der Waals surface area contributed by atoms with Crippen LogP contribution in [0.3, 0.4) is 0 Å². The highest BCUT2D eigenvalue weighted by molar-refractivity contribution is 6.24. The second-order valence-corrected chi connectivity index (χ2v) is 9.22. The lowest BCUT2D eigenvalue weighted by Gasteiger charge is -2.15. The fourth-order valence-corrected chi connectivity index (χ4v) is 4.87. The quantitative estimate of drug-likeness (QED) is 0.124. The molecular weight excluding hydrogens is 444 g/mol. The highest BCUT2D eigenvalue weighted by Gasteiger charge is 2.51. The number of phenolic OH excluding ortho intramolecular Hbond substituents is 1. The number of nitrogens with one attached hydrogen (secondary N) is 3. The van der Waals surface area contributed by atoms with Gasteiger partial charge in [-0.15, -0.1) is 11.6 Å². The number of allylic oxidation sites excluding steroid dienone is 1. The molecule has 0 heterocycles. The van der Waals surface area contributed by atoms with E-state index in [2.05, 4.69) is 61.2 Å². The van der Waals surface area contributed by atoms with Crippen LogP contribution in [0.5, 0.6) is 5.75 Å². The summed E-state index contributed by atoms with van der Waals surface area (Å²) in [6, 6.07) is 19.0. The zero-order valence-electron chi connectivity index (χ0n) is 19.2. The molecule has 1 saturated carbocycles. The van der Waals surface area contributed by atoms with Gasteiger partial charge in [0.1, 0.15) is 5.75 Å². The number of aryl methyl sites for hydroxylation is 2. The molecule has 172 valence electrons. The molecule has 0 aliphatic heterocycles. The van der Waals surface area contributed by atoms with Gasteiger partial charge in [0.2, 0.25) is 0 Å². The minimum atomic E-state index is -0.00656. The van der Waals surface area contributed by atoms with Gasteiger partial charge in [-0.1, -0.05) is 42.5 Å². The second-order valence-electron chi connectivity index (χ2n) is 8.72. The van der Waals surface area contributed by atoms with Gasteiger partial charge in [-0.25, -0.2) is 0 Å². The highest BCUT2D eigenvalue weighted by atomic mass is 35.5. The lowest BCUT2D eigenvalue weighted by atomic mass is 10.0. The van der Waals surface area contributed by atoms with E-state index < -0.39 is 0 Å². The molecule has 5 nitrogen and oxygen atoms in total. The molecule has 0 radical (unpaired) electrons. The number of halogens is 1. The zero-order valence-corrected chi connectivity index (χ0v) is 19.9. The smallest absolute Gasteiger partial charge is 0.181 e. The number of hydrogen-bond donors (Lipinski definition) is 4. The average molecular weight is 471 g/mol. The van der Waals surface area contributed by atoms with E-state index in [1.165, 1.54) is 16.7 Å². The van der Waals surface area contributed by atoms with Crippen LogP contribution in [0, 0.1) is 31.2 Å². The number of nitriles is 1. The van der Waals surface area contributed by atoms with Crippen molar-refractivity contribution in [3.05, 3.63) is 102 Å². The van der Waals surface area contributed by atoms with E-state index in [-0.39, 0.29) is 23.0 Å². The van der Waals surface area contributed by atoms with Crippen LogP contribution in [0.2, 0.25) is 0 Å². The van der Waals surface area contributed by atoms with Crippen molar-refractivity contribution in [2.45, 2.75) is 25.1 Å². The standard InChI is InChI=1S/C28H27ClN4O/c1-16-11-17(2)13-20(12-16)27-26(28(27)29)19(4)33-23-9-10-25(34)24(14-23)18(3)32-22-7-5-21(6-8-22)31-15-30/h5-14,26-28,31-34H,3-4H2,1-2H3. The first-order chi connectivity index (χ1) is 16.3. The van der Waals surface area contributed by atoms with E-state index >= 15 is 0 Å². The molecule has 34 heavy (non-hydrogen) atoms. The maximum atomic E-state index is 10.4. The highest BCUT2D eigenvalue weighted by Crippen LogP contribution is 2.55. The Bertz CT molecular complexity index is 1270. The van der Waals surface area contributed by atoms with Crippen molar-refractivity contribution in [1.29, 1.82) is 5.26 Å². The zero-order chi connectivity index (χ0) is 24.4. The van der Waals surface area contributed by atoms with Crippen molar-refractivity contribution in [3.63, 3.8) is 0 Å². The van der Waals surface area contributed by atoms with Crippen molar-refractivity contribution >= 4 is 34.4 Å². The summed E-state index contributed by atoms with van der Waals surface area (Å²) >= 11 is 6.66. The Hall–Kier alpha value is -3.88. The van der Waals surface area contributed by atoms with Crippen LogP contribution in [0.25, 0.3) is 5.70 Å². The summed E-state index contributed by atoms with van der Waals surface area (Å²) in [4.78, 5) is 0. The Kier molecular flexibility index (Phi) is 6.54. The van der Waals surface area contributed by atoms with E-state index in [4.69, 9.17) is 16.9 Å². The lowest BCUT2D eigenvalue weighted by Crippen LogP contribution is -2.04. The third kappa shape index (κ3) is 5.03. The number of alkyl halides is 1. The van der Waals surface area contributed by atoms with Crippen LogP contribution in [0.4, 0.5) is 17.1 Å². The van der Waals surface area contributed by atoms with E-state index in [0.29, 0.717) is 16.9 Å². The first-order valence-electron chi connectivity index (χ1n) is 11.0. The first kappa shape index (κ1) is 23.3. The molecule has 3 atom stereocenters. The number of anilines is 3. The summed E-state index contributed by atoms with van der Waals surface area (Å²) in [6.45, 7) is 12.5. The van der Waals surface area contributed by atoms with Gasteiger partial charge >= 0.3 is 0 Å². The molecule has 0 bridgehead atoms. The van der Waals surface area contributed by atoms with Gasteiger partial charge in [0.15, 0.2) is 6.19 Å². The largest absolute Gasteiger partial charge is 0.507 e. The summed E-state index contributed by atoms with van der Waals surface area (Å²) in [6.07, 6.45) is 1.89. The molecule has 3 aromatic carbocycles. The maximum Gasteiger partial charge on any atom is 0.181 e. The number of hydrogen-bond acceptors (Lipinski definition) is 5. The number of benzene rings is 3. The average Bonchev–Trinajstić information content (AvgIpc) is 3.47. The molecule has 0 aromatic heterocycles. The summed E-state index contributed by atoms with van der Waals surface area (Å²) in [5.74, 6) is 0.472. The number of nitrogens with zero attached hydrogens (tertiary/aromatic N) is 1. The van der Waals surface area contributed by atoms with Gasteiger partial charge in [-0.2, -0.15) is 5.26 Å². The number of rotatable bonds is 8. The maximum absolute atomic E-state index is 10.4. The van der Waals surface area contributed by atoms with E-state index in [1.807, 2.05) is 24.4 Å². The second kappa shape index (κ2) is 9.54. The predicted octanol–water partition coefficient (Wildman–Crippen LogP) is 6.93. The molecule has 0 spiro atoms. The molecule has 6 heteroatoms. The van der Waals surface area contributed by atoms with Crippen LogP contribution in [0.15, 0.2) is 79.5 Å². The lowest BCUT2D eigenvalue weighted by molar-refractivity contribution is 0.473. The van der Waals surface area contributed by atoms with Crippen LogP contribution < -0.4 is 16.0 Å². The molecule has 3 aromatic rings. The molecule has 0 saturated heterocycles. The Morgan fingerprint density at radius 2 is 1.53 bits per heavy atom. The fourth-order valence-electron chi connectivity index (χ4n) is 4.34. The van der Waals surface area contributed by atoms with Crippen molar-refractivity contribution in [1.82, 2.24) is 0 Å². The van der Waals surface area contributed by atoms with Gasteiger partial charge in [0, 0.05) is 45.9 Å². The summed E-state index contributed by atoms with van der Waals surface area (Å²) in [7, 11) is 0. The Labute approximate surface area is 205 Å². The predicted molar refractivity (Wildman–Crippen MR) is 141 cm³/mol. The van der Waals surface area contributed by atoms with E-state index in [9.17, 15) is 5.11 Å². The SMILES string of the molecule is C=C(Nc1ccc(NC#N)cc1)c1cc(NC(=C)C2C(Cl)C2c2cc(C)cc(C)c2)ccc1O. The van der Waals surface area contributed by atoms with Gasteiger partial charge < -0.3 is 15.7 Å². The Morgan fingerprint density at radius 1 is 0.912 bits per heavy atom. The minimum Gasteiger partial charge on any atom is -0.507 e. The molecule has 4 rings (SSSR count). The summed E-state index contributed by atoms with van der Waals surface area (Å²) in [5, 5.41) is 28.3. The Morgan fingerprint density at radius 3 is 2.18 bits per heavy atom. The normalized spacial score (nSPS) is 18.5. The third-order valence-corrected chi connectivity index (χ3v) is 6.51. The molecule has 3 unspecified atom stereocenters. The summed E-state index contributed by atoms with van der Waals surface area (Å²) in [5.41, 5.74) is 7.94. The summed E-state index contributed by atoms with van der Waals surface area (Å²) < 4.78 is 0. The molecule has 1 aliphatic carbocycles. The van der Waals surface area contributed by atoms with Crippen LogP contribution in [-0.2, 0) is 0 Å². The van der Waals surface area contributed by atoms with Crippen LogP contribution >= 0.6 is 11.6 Å². The van der Waals surface area contributed by atoms with Gasteiger partial charge in [-0.3, -0.25) is 5.32 Å². The van der Waals surface area contributed by atoms with Gasteiger partial charge in [0.05, 0.1) is 5.38 Å². The van der Waals surface area contributed by atoms with Crippen LogP contribution in [-0.4, -0.2) is 10.5 Å². The topological polar surface area (TPSA) is 80.1 Å². The van der Waals surface area contributed by atoms with Crippen molar-refractivity contribution in [2.24, 2.45) is 5.92 Å². The van der Waals surface area contributed by atoms with E-state index in [1.54, 1.807) is 24.3 Å². The number of phenols is 1. The molecule has 4 N–H and O–H groups in total. The molecular formula is C28H27ClN4O. The third-order valence-electron chi connectivity index (χ3n) is 5.97. The monoisotopic (exact) mass is 470 g/mol. The van der Waals surface area contributed by atoms with Crippen molar-refractivity contribution < 1.29 is 5.11 Å². The Balaban J connectivity index is 1.45. The van der Waals surface area contributed by atoms with Crippen molar-refractivity contribution in [3.8, 4) is 11.9 Å². The molecule has 0 amide bonds. The van der Waals surface area contributed by atoms with E-state index in [0.717, 1.165) is 17.1 Å². The van der Waals surface area contributed by atoms with Gasteiger partial charge in [0.25, 0.3) is 0 Å².